The van der Waals surface area contributed by atoms with Crippen molar-refractivity contribution in [2.75, 3.05) is 19.5 Å². The van der Waals surface area contributed by atoms with Gasteiger partial charge in [0.25, 0.3) is 11.1 Å². The van der Waals surface area contributed by atoms with Gasteiger partial charge in [-0.3, -0.25) is 37.0 Å². The van der Waals surface area contributed by atoms with Crippen LogP contribution in [0.5, 0.6) is 0 Å². The first kappa shape index (κ1) is 60.1. The van der Waals surface area contributed by atoms with Gasteiger partial charge in [-0.05, 0) is 76.8 Å². The molecule has 0 aliphatic rings. The van der Waals surface area contributed by atoms with E-state index in [0.29, 0.717) is 69.9 Å². The van der Waals surface area contributed by atoms with E-state index in [1.165, 1.54) is 18.3 Å². The van der Waals surface area contributed by atoms with Crippen LogP contribution in [0.4, 0.5) is 4.39 Å². The second-order valence-electron chi connectivity index (χ2n) is 12.9. The van der Waals surface area contributed by atoms with Crippen LogP contribution in [0.25, 0.3) is 22.3 Å². The first-order valence-electron chi connectivity index (χ1n) is 19.7. The summed E-state index contributed by atoms with van der Waals surface area (Å²) in [5.41, 5.74) is 2.47. The van der Waals surface area contributed by atoms with Crippen LogP contribution in [0.3, 0.4) is 0 Å². The number of hydrogen-bond donors (Lipinski definition) is 0. The molecule has 0 aliphatic heterocycles. The molecule has 4 heterocycles. The standard InChI is InChI=1S/C19H23ClN4O2S.C17H18BrClN4O2.C3H6O3.CH3F.2K.H2S/c1-4-6-11-23-17(25)15-16(22(3)19(23)26)21-18(27-5-2)24(15)12-13-7-9-14(20)10-8-13;1-3-4-9-22-15(24)13-14(21(2)17(22)25)20-16(18)23(13)10-11-5-7-12(19)8-6-11;1-2-5-6-3-4;1-2;;;/h7-10H,4-6,11-12H2,1-3H3;5-8H,3-4,9-10H2,1-2H3;3H,2H2,1H3;1H3;;;1H2/q;;;;2*+1;/p-1/i;;;1D;;;. The Labute approximate surface area is 481 Å². The summed E-state index contributed by atoms with van der Waals surface area (Å²) in [6.07, 6.45) is 3.37. The normalized spacial score (nSPS) is 10.4. The zero-order chi connectivity index (χ0) is 45.2. The van der Waals surface area contributed by atoms with Crippen LogP contribution in [-0.4, -0.2) is 63.4 Å². The topological polar surface area (TPSA) is 159 Å². The van der Waals surface area contributed by atoms with E-state index in [-0.39, 0.29) is 145 Å². The van der Waals surface area contributed by atoms with Crippen molar-refractivity contribution in [3.63, 3.8) is 0 Å². The Balaban J connectivity index is 0.00000100. The SMILES string of the molecule is CCCCn1c(=O)c2c(nc(Br)n2Cc2ccc(Cl)cc2)n(C)c1=O.CCCCn1c(=O)c2c(nc(SCC)n2Cc2ccc(Cl)cc2)n(C)c1=O.CCOOC=O.[2H]CF.[K+].[K+].[SH-]. The van der Waals surface area contributed by atoms with Gasteiger partial charge in [-0.1, -0.05) is 92.8 Å². The number of halogens is 4. The van der Waals surface area contributed by atoms with Crippen molar-refractivity contribution in [2.24, 2.45) is 14.1 Å². The average Bonchev–Trinajstić information content (AvgIpc) is 3.77. The van der Waals surface area contributed by atoms with E-state index in [1.54, 1.807) is 49.5 Å². The van der Waals surface area contributed by atoms with E-state index in [9.17, 15) is 28.4 Å². The third-order valence-electron chi connectivity index (χ3n) is 8.86. The second kappa shape index (κ2) is 32.0. The van der Waals surface area contributed by atoms with Gasteiger partial charge in [0.1, 0.15) is 0 Å². The monoisotopic (exact) mass is 1070 g/mol. The number of fused-ring (bicyclic) bond motifs is 2. The molecule has 63 heavy (non-hydrogen) atoms. The van der Waals surface area contributed by atoms with Crippen LogP contribution in [0.2, 0.25) is 10.0 Å². The van der Waals surface area contributed by atoms with Gasteiger partial charge in [0.2, 0.25) is 0 Å². The fourth-order valence-corrected chi connectivity index (χ4v) is 7.34. The van der Waals surface area contributed by atoms with E-state index in [4.69, 9.17) is 24.6 Å². The minimum atomic E-state index is -1.00. The van der Waals surface area contributed by atoms with Crippen LogP contribution in [0, 0.1) is 0 Å². The summed E-state index contributed by atoms with van der Waals surface area (Å²) >= 11 is 16.9. The first-order valence-corrected chi connectivity index (χ1v) is 21.5. The number of imidazole rings is 2. The van der Waals surface area contributed by atoms with Gasteiger partial charge >= 0.3 is 121 Å². The maximum atomic E-state index is 13.1. The zero-order valence-corrected chi connectivity index (χ0v) is 47.8. The maximum absolute atomic E-state index is 13.1. The van der Waals surface area contributed by atoms with Crippen LogP contribution >= 0.6 is 50.9 Å². The average molecular weight is 1070 g/mol. The van der Waals surface area contributed by atoms with Gasteiger partial charge in [0, 0.05) is 37.2 Å². The molecule has 23 heteroatoms. The van der Waals surface area contributed by atoms with Crippen LogP contribution < -0.4 is 125 Å². The number of hydrogen-bond acceptors (Lipinski definition) is 11. The molecule has 0 amide bonds. The first-order chi connectivity index (χ1) is 29.2. The Morgan fingerprint density at radius 3 is 1.54 bits per heavy atom. The molecule has 0 spiro atoms. The molecular weight excluding hydrogens is 1020 g/mol. The van der Waals surface area contributed by atoms with Crippen molar-refractivity contribution in [2.45, 2.75) is 84.7 Å². The van der Waals surface area contributed by atoms with Gasteiger partial charge in [-0.25, -0.2) is 19.6 Å². The van der Waals surface area contributed by atoms with E-state index >= 15 is 0 Å². The number of aryl methyl sites for hydroxylation is 2. The molecule has 6 aromatic rings. The van der Waals surface area contributed by atoms with Crippen molar-refractivity contribution >= 4 is 93.2 Å². The molecular formula is C40H51BrCl2FK2N8O7S2+. The summed E-state index contributed by atoms with van der Waals surface area (Å²) in [4.78, 5) is 77.3. The van der Waals surface area contributed by atoms with Crippen molar-refractivity contribution in [3.8, 4) is 0 Å². The second-order valence-corrected chi connectivity index (χ2v) is 15.7. The number of unbranched alkanes of at least 4 members (excludes halogenated alkanes) is 2. The maximum Gasteiger partial charge on any atom is 1.00 e. The number of carbonyl (C=O) groups excluding carboxylic acids is 1. The smallest absolute Gasteiger partial charge is 0.813 e. The van der Waals surface area contributed by atoms with Crippen molar-refractivity contribution in [3.05, 3.63) is 116 Å². The van der Waals surface area contributed by atoms with Gasteiger partial charge < -0.3 is 27.5 Å². The molecule has 0 bridgehead atoms. The quantitative estimate of drug-likeness (QED) is 0.0167. The Hall–Kier alpha value is -0.867. The molecule has 0 N–H and O–H groups in total. The Morgan fingerprint density at radius 2 is 1.16 bits per heavy atom. The Bertz CT molecular complexity index is 2610. The summed E-state index contributed by atoms with van der Waals surface area (Å²) in [6, 6.07) is 14.9. The molecule has 0 radical (unpaired) electrons. The van der Waals surface area contributed by atoms with Crippen molar-refractivity contribution < 1.29 is 123 Å². The molecule has 0 saturated carbocycles. The molecule has 2 aromatic carbocycles. The molecule has 0 saturated heterocycles. The van der Waals surface area contributed by atoms with E-state index in [2.05, 4.69) is 35.7 Å². The predicted octanol–water partition coefficient (Wildman–Crippen LogP) is 1.11. The van der Waals surface area contributed by atoms with Gasteiger partial charge in [0.05, 0.1) is 28.2 Å². The molecule has 15 nitrogen and oxygen atoms in total. The molecule has 0 unspecified atom stereocenters. The predicted molar refractivity (Wildman–Crippen MR) is 248 cm³/mol. The fourth-order valence-electron chi connectivity index (χ4n) is 5.89. The van der Waals surface area contributed by atoms with Gasteiger partial charge in [-0.15, -0.1) is 0 Å². The number of thiol groups is 1. The van der Waals surface area contributed by atoms with E-state index < -0.39 is 7.15 Å². The number of benzene rings is 2. The fraction of sp³-hybridized carbons (Fsp3) is 0.425. The summed E-state index contributed by atoms with van der Waals surface area (Å²) in [5, 5.41) is 2.06. The van der Waals surface area contributed by atoms with Crippen molar-refractivity contribution in [1.82, 2.24) is 37.4 Å². The summed E-state index contributed by atoms with van der Waals surface area (Å²) in [7, 11) is 2.31. The van der Waals surface area contributed by atoms with Gasteiger partial charge in [-0.2, -0.15) is 4.89 Å². The molecule has 0 aliphatic carbocycles. The summed E-state index contributed by atoms with van der Waals surface area (Å²) in [6.45, 7) is 10.2. The van der Waals surface area contributed by atoms with E-state index in [0.717, 1.165) is 47.7 Å². The van der Waals surface area contributed by atoms with Crippen LogP contribution in [0.15, 0.2) is 77.6 Å². The third-order valence-corrected chi connectivity index (χ3v) is 10.8. The van der Waals surface area contributed by atoms with Crippen LogP contribution in [-0.2, 0) is 68.3 Å². The Kier molecular flexibility index (Phi) is 30.5. The van der Waals surface area contributed by atoms with Crippen molar-refractivity contribution in [1.29, 1.82) is 0 Å². The molecule has 0 fully saturated rings. The summed E-state index contributed by atoms with van der Waals surface area (Å²) in [5.74, 6) is 0.821. The number of thioether (sulfide) groups is 1. The van der Waals surface area contributed by atoms with E-state index in [1.807, 2.05) is 61.7 Å². The molecule has 6 rings (SSSR count). The molecule has 4 aromatic heterocycles. The minimum Gasteiger partial charge on any atom is -0.813 e. The number of nitrogens with zero attached hydrogens (tertiary/aromatic N) is 8. The number of aromatic nitrogens is 8. The molecule has 334 valence electrons. The Morgan fingerprint density at radius 1 is 0.746 bits per heavy atom. The molecule has 0 atom stereocenters. The number of rotatable bonds is 15. The number of alkyl halides is 1. The zero-order valence-electron chi connectivity index (χ0n) is 37.8. The minimum absolute atomic E-state index is 0. The third kappa shape index (κ3) is 16.7. The van der Waals surface area contributed by atoms with Crippen LogP contribution in [0.1, 0.15) is 65.9 Å². The van der Waals surface area contributed by atoms with Gasteiger partial charge in [0.15, 0.2) is 32.2 Å². The number of carbonyl (C=O) groups is 1. The largest absolute Gasteiger partial charge is 1.00 e. The summed E-state index contributed by atoms with van der Waals surface area (Å²) < 4.78 is 25.2.